The van der Waals surface area contributed by atoms with Crippen LogP contribution in [0, 0.1) is 5.92 Å². The Labute approximate surface area is 168 Å². The van der Waals surface area contributed by atoms with Gasteiger partial charge in [-0.25, -0.2) is 4.79 Å². The van der Waals surface area contributed by atoms with E-state index in [1.165, 1.54) is 44.9 Å². The van der Waals surface area contributed by atoms with Gasteiger partial charge in [0.2, 0.25) is 0 Å². The third-order valence-corrected chi connectivity index (χ3v) is 5.07. The van der Waals surface area contributed by atoms with Crippen molar-refractivity contribution in [3.63, 3.8) is 0 Å². The van der Waals surface area contributed by atoms with E-state index in [1.807, 2.05) is 6.07 Å². The van der Waals surface area contributed by atoms with Gasteiger partial charge in [-0.2, -0.15) is 0 Å². The average Bonchev–Trinajstić information content (AvgIpc) is 2.55. The number of hydrogen-bond donors (Lipinski definition) is 3. The zero-order valence-electron chi connectivity index (χ0n) is 14.5. The monoisotopic (exact) mass is 398 g/mol. The standard InChI is InChI=1S/C19H27ClN2O3.2CH4/c20-17-9-8-14(10-11-21-19(24)25)12-16(17)18(23)22-13-15-6-4-2-1-3-5-7-15;;/h8-9,12,15,21H,1-7,10-11,13H2,(H,22,23)(H,24,25);2*1H4. The maximum absolute atomic E-state index is 12.5. The molecule has 6 heteroatoms. The van der Waals surface area contributed by atoms with Crippen LogP contribution in [0.25, 0.3) is 0 Å². The number of benzene rings is 1. The lowest BCUT2D eigenvalue weighted by Crippen LogP contribution is -2.30. The molecule has 1 aliphatic rings. The Hall–Kier alpha value is -1.75. The van der Waals surface area contributed by atoms with Crippen LogP contribution >= 0.6 is 11.6 Å². The van der Waals surface area contributed by atoms with Gasteiger partial charge in [0.25, 0.3) is 5.91 Å². The van der Waals surface area contributed by atoms with Crippen molar-refractivity contribution in [1.29, 1.82) is 0 Å². The maximum atomic E-state index is 12.5. The minimum absolute atomic E-state index is 0. The zero-order valence-corrected chi connectivity index (χ0v) is 15.3. The summed E-state index contributed by atoms with van der Waals surface area (Å²) in [6.07, 6.45) is 8.23. The molecule has 1 aromatic carbocycles. The fourth-order valence-electron chi connectivity index (χ4n) is 3.29. The molecule has 0 heterocycles. The minimum atomic E-state index is -1.05. The van der Waals surface area contributed by atoms with Gasteiger partial charge in [-0.3, -0.25) is 4.79 Å². The maximum Gasteiger partial charge on any atom is 0.404 e. The van der Waals surface area contributed by atoms with Crippen LogP contribution < -0.4 is 10.6 Å². The van der Waals surface area contributed by atoms with E-state index < -0.39 is 6.09 Å². The average molecular weight is 399 g/mol. The molecule has 0 atom stereocenters. The molecule has 1 saturated carbocycles. The molecule has 3 N–H and O–H groups in total. The van der Waals surface area contributed by atoms with E-state index in [4.69, 9.17) is 16.7 Å². The SMILES string of the molecule is C.C.O=C(O)NCCc1ccc(Cl)c(C(=O)NCC2CCCCCCC2)c1. The van der Waals surface area contributed by atoms with Crippen LogP contribution in [-0.4, -0.2) is 30.2 Å². The Morgan fingerprint density at radius 3 is 2.30 bits per heavy atom. The van der Waals surface area contributed by atoms with E-state index >= 15 is 0 Å². The molecule has 0 bridgehead atoms. The number of carbonyl (C=O) groups excluding carboxylic acids is 1. The van der Waals surface area contributed by atoms with Crippen LogP contribution in [-0.2, 0) is 6.42 Å². The van der Waals surface area contributed by atoms with Crippen molar-refractivity contribution in [2.24, 2.45) is 5.92 Å². The van der Waals surface area contributed by atoms with Gasteiger partial charge in [-0.1, -0.05) is 64.6 Å². The Morgan fingerprint density at radius 1 is 1.04 bits per heavy atom. The second kappa shape index (κ2) is 13.4. The Balaban J connectivity index is 0.00000338. The molecule has 0 spiro atoms. The second-order valence-corrected chi connectivity index (χ2v) is 7.12. The minimum Gasteiger partial charge on any atom is -0.465 e. The van der Waals surface area contributed by atoms with Gasteiger partial charge in [0.1, 0.15) is 0 Å². The molecule has 1 aromatic rings. The molecule has 0 aliphatic heterocycles. The van der Waals surface area contributed by atoms with Crippen LogP contribution in [0.3, 0.4) is 0 Å². The number of amides is 2. The van der Waals surface area contributed by atoms with E-state index in [-0.39, 0.29) is 20.8 Å². The quantitative estimate of drug-likeness (QED) is 0.590. The molecule has 1 aliphatic carbocycles. The molecule has 5 nitrogen and oxygen atoms in total. The summed E-state index contributed by atoms with van der Waals surface area (Å²) >= 11 is 6.17. The van der Waals surface area contributed by atoms with Gasteiger partial charge in [0, 0.05) is 13.1 Å². The fourth-order valence-corrected chi connectivity index (χ4v) is 3.50. The Morgan fingerprint density at radius 2 is 1.67 bits per heavy atom. The highest BCUT2D eigenvalue weighted by molar-refractivity contribution is 6.33. The number of nitrogens with one attached hydrogen (secondary N) is 2. The van der Waals surface area contributed by atoms with E-state index in [0.717, 1.165) is 5.56 Å². The van der Waals surface area contributed by atoms with Crippen molar-refractivity contribution in [2.75, 3.05) is 13.1 Å². The molecular weight excluding hydrogens is 364 g/mol. The van der Waals surface area contributed by atoms with Gasteiger partial charge < -0.3 is 15.7 Å². The fraction of sp³-hybridized carbons (Fsp3) is 0.619. The zero-order chi connectivity index (χ0) is 18.1. The molecule has 2 rings (SSSR count). The molecular formula is C21H35ClN2O3. The number of carboxylic acid groups (broad SMARTS) is 1. The summed E-state index contributed by atoms with van der Waals surface area (Å²) in [5.74, 6) is 0.395. The normalized spacial score (nSPS) is 14.7. The molecule has 2 amide bonds. The summed E-state index contributed by atoms with van der Waals surface area (Å²) in [6.45, 7) is 1.00. The summed E-state index contributed by atoms with van der Waals surface area (Å²) < 4.78 is 0. The van der Waals surface area contributed by atoms with E-state index in [9.17, 15) is 9.59 Å². The van der Waals surface area contributed by atoms with E-state index in [0.29, 0.717) is 36.0 Å². The number of rotatable bonds is 6. The van der Waals surface area contributed by atoms with Crippen molar-refractivity contribution in [1.82, 2.24) is 10.6 Å². The van der Waals surface area contributed by atoms with Crippen molar-refractivity contribution in [2.45, 2.75) is 66.2 Å². The van der Waals surface area contributed by atoms with Crippen LogP contribution in [0.15, 0.2) is 18.2 Å². The molecule has 0 aromatic heterocycles. The predicted octanol–water partition coefficient (Wildman–Crippen LogP) is 5.51. The lowest BCUT2D eigenvalue weighted by atomic mass is 9.91. The van der Waals surface area contributed by atoms with E-state index in [1.54, 1.807) is 12.1 Å². The summed E-state index contributed by atoms with van der Waals surface area (Å²) in [5.41, 5.74) is 1.34. The van der Waals surface area contributed by atoms with Gasteiger partial charge in [-0.15, -0.1) is 0 Å². The second-order valence-electron chi connectivity index (χ2n) is 6.72. The Bertz CT molecular complexity index is 585. The largest absolute Gasteiger partial charge is 0.465 e. The van der Waals surface area contributed by atoms with Crippen molar-refractivity contribution in [3.05, 3.63) is 34.3 Å². The molecule has 0 radical (unpaired) electrons. The highest BCUT2D eigenvalue weighted by Gasteiger charge is 2.15. The summed E-state index contributed by atoms with van der Waals surface area (Å²) in [5, 5.41) is 14.4. The number of hydrogen-bond acceptors (Lipinski definition) is 2. The first-order chi connectivity index (χ1) is 12.1. The number of halogens is 1. The van der Waals surface area contributed by atoms with Crippen molar-refractivity contribution in [3.8, 4) is 0 Å². The van der Waals surface area contributed by atoms with Crippen LogP contribution in [0.4, 0.5) is 4.79 Å². The van der Waals surface area contributed by atoms with Crippen LogP contribution in [0.5, 0.6) is 0 Å². The van der Waals surface area contributed by atoms with Crippen molar-refractivity contribution < 1.29 is 14.7 Å². The predicted molar refractivity (Wildman–Crippen MR) is 113 cm³/mol. The summed E-state index contributed by atoms with van der Waals surface area (Å²) in [6, 6.07) is 5.26. The highest BCUT2D eigenvalue weighted by atomic mass is 35.5. The molecule has 0 unspecified atom stereocenters. The topological polar surface area (TPSA) is 78.4 Å². The van der Waals surface area contributed by atoms with Gasteiger partial charge >= 0.3 is 6.09 Å². The van der Waals surface area contributed by atoms with Crippen LogP contribution in [0.1, 0.15) is 75.7 Å². The Kier molecular flexibility index (Phi) is 12.6. The van der Waals surface area contributed by atoms with Crippen molar-refractivity contribution >= 4 is 23.6 Å². The first-order valence-electron chi connectivity index (χ1n) is 9.09. The molecule has 154 valence electrons. The smallest absolute Gasteiger partial charge is 0.404 e. The summed E-state index contributed by atoms with van der Waals surface area (Å²) in [7, 11) is 0. The highest BCUT2D eigenvalue weighted by Crippen LogP contribution is 2.22. The van der Waals surface area contributed by atoms with Gasteiger partial charge in [0.15, 0.2) is 0 Å². The third kappa shape index (κ3) is 9.14. The lowest BCUT2D eigenvalue weighted by Gasteiger charge is -2.20. The van der Waals surface area contributed by atoms with Crippen LogP contribution in [0.2, 0.25) is 5.02 Å². The first-order valence-corrected chi connectivity index (χ1v) is 9.47. The lowest BCUT2D eigenvalue weighted by molar-refractivity contribution is 0.0944. The third-order valence-electron chi connectivity index (χ3n) is 4.74. The van der Waals surface area contributed by atoms with Gasteiger partial charge in [-0.05, 0) is 42.9 Å². The first kappa shape index (κ1) is 25.2. The molecule has 1 fully saturated rings. The number of carbonyl (C=O) groups is 2. The van der Waals surface area contributed by atoms with E-state index in [2.05, 4.69) is 10.6 Å². The molecule has 27 heavy (non-hydrogen) atoms. The molecule has 0 saturated heterocycles. The van der Waals surface area contributed by atoms with Gasteiger partial charge in [0.05, 0.1) is 10.6 Å². The summed E-state index contributed by atoms with van der Waals surface area (Å²) in [4.78, 5) is 23.0.